The Balaban J connectivity index is 1.47. The maximum absolute atomic E-state index is 13.0. The molecule has 0 N–H and O–H groups in total. The SMILES string of the molecule is Cn1cnc(C(=O)N2CCCC3(CCc4cnc(-c5ccccc5)nc43)C2)c1. The largest absolute Gasteiger partial charge is 0.340 e. The van der Waals surface area contributed by atoms with E-state index in [1.54, 1.807) is 12.5 Å². The summed E-state index contributed by atoms with van der Waals surface area (Å²) in [5.74, 6) is 0.791. The minimum Gasteiger partial charge on any atom is -0.340 e. The van der Waals surface area contributed by atoms with Crippen LogP contribution in [0.3, 0.4) is 0 Å². The first-order valence-electron chi connectivity index (χ1n) is 9.84. The zero-order valence-corrected chi connectivity index (χ0v) is 16.0. The molecule has 1 saturated heterocycles. The van der Waals surface area contributed by atoms with Gasteiger partial charge in [0.15, 0.2) is 5.82 Å². The fourth-order valence-electron chi connectivity index (χ4n) is 4.66. The highest BCUT2D eigenvalue weighted by Crippen LogP contribution is 2.44. The van der Waals surface area contributed by atoms with Gasteiger partial charge in [0.2, 0.25) is 0 Å². The summed E-state index contributed by atoms with van der Waals surface area (Å²) >= 11 is 0. The number of carbonyl (C=O) groups is 1. The first-order chi connectivity index (χ1) is 13.6. The molecule has 2 aliphatic rings. The van der Waals surface area contributed by atoms with Crippen molar-refractivity contribution in [3.8, 4) is 11.4 Å². The molecule has 1 unspecified atom stereocenters. The molecule has 3 aromatic rings. The van der Waals surface area contributed by atoms with Gasteiger partial charge in [-0.1, -0.05) is 30.3 Å². The summed E-state index contributed by atoms with van der Waals surface area (Å²) < 4.78 is 1.82. The number of piperidine rings is 1. The molecular formula is C22H23N5O. The average molecular weight is 373 g/mol. The Morgan fingerprint density at radius 2 is 2.00 bits per heavy atom. The molecule has 0 radical (unpaired) electrons. The molecule has 1 atom stereocenters. The molecule has 1 aromatic carbocycles. The standard InChI is InChI=1S/C22H23N5O/c1-26-13-18(24-15-26)21(28)27-11-5-9-22(14-27)10-8-17-12-23-20(25-19(17)22)16-6-3-2-4-7-16/h2-4,6-7,12-13,15H,5,8-11,14H2,1H3. The Bertz CT molecular complexity index is 1020. The molecule has 1 spiro atoms. The third-order valence-electron chi connectivity index (χ3n) is 6.06. The van der Waals surface area contributed by atoms with Gasteiger partial charge in [-0.05, 0) is 31.2 Å². The Kier molecular flexibility index (Phi) is 4.00. The molecule has 1 amide bonds. The van der Waals surface area contributed by atoms with Crippen LogP contribution in [0.4, 0.5) is 0 Å². The maximum Gasteiger partial charge on any atom is 0.274 e. The van der Waals surface area contributed by atoms with Crippen LogP contribution in [0.1, 0.15) is 41.0 Å². The Morgan fingerprint density at radius 3 is 2.79 bits per heavy atom. The van der Waals surface area contributed by atoms with Gasteiger partial charge in [-0.2, -0.15) is 0 Å². The highest BCUT2D eigenvalue weighted by Gasteiger charge is 2.45. The monoisotopic (exact) mass is 373 g/mol. The van der Waals surface area contributed by atoms with Crippen molar-refractivity contribution in [1.82, 2.24) is 24.4 Å². The van der Waals surface area contributed by atoms with E-state index in [0.717, 1.165) is 49.3 Å². The number of imidazole rings is 1. The van der Waals surface area contributed by atoms with Crippen molar-refractivity contribution >= 4 is 5.91 Å². The second-order valence-corrected chi connectivity index (χ2v) is 7.97. The summed E-state index contributed by atoms with van der Waals surface area (Å²) in [5.41, 5.74) is 3.85. The minimum absolute atomic E-state index is 0.0189. The summed E-state index contributed by atoms with van der Waals surface area (Å²) in [6.07, 6.45) is 9.52. The number of rotatable bonds is 2. The van der Waals surface area contributed by atoms with E-state index < -0.39 is 0 Å². The van der Waals surface area contributed by atoms with Crippen LogP contribution in [-0.2, 0) is 18.9 Å². The number of aryl methyl sites for hydroxylation is 2. The number of amides is 1. The average Bonchev–Trinajstić information content (AvgIpc) is 3.32. The van der Waals surface area contributed by atoms with Crippen LogP contribution in [0.2, 0.25) is 0 Å². The van der Waals surface area contributed by atoms with Gasteiger partial charge >= 0.3 is 0 Å². The molecule has 6 nitrogen and oxygen atoms in total. The first-order valence-corrected chi connectivity index (χ1v) is 9.84. The lowest BCUT2D eigenvalue weighted by Gasteiger charge is -2.40. The van der Waals surface area contributed by atoms with Crippen LogP contribution in [0.15, 0.2) is 49.1 Å². The lowest BCUT2D eigenvalue weighted by molar-refractivity contribution is 0.0628. The van der Waals surface area contributed by atoms with E-state index in [9.17, 15) is 4.79 Å². The van der Waals surface area contributed by atoms with E-state index in [2.05, 4.69) is 9.97 Å². The van der Waals surface area contributed by atoms with E-state index >= 15 is 0 Å². The Labute approximate surface area is 164 Å². The van der Waals surface area contributed by atoms with Gasteiger partial charge in [0.1, 0.15) is 5.69 Å². The summed E-state index contributed by atoms with van der Waals surface area (Å²) in [7, 11) is 1.89. The number of nitrogens with zero attached hydrogens (tertiary/aromatic N) is 5. The minimum atomic E-state index is -0.0650. The second kappa shape index (κ2) is 6.55. The van der Waals surface area contributed by atoms with Crippen LogP contribution in [-0.4, -0.2) is 43.4 Å². The zero-order valence-electron chi connectivity index (χ0n) is 16.0. The number of hydrogen-bond acceptors (Lipinski definition) is 4. The lowest BCUT2D eigenvalue weighted by atomic mass is 9.77. The predicted octanol–water partition coefficient (Wildman–Crippen LogP) is 3.00. The molecule has 5 rings (SSSR count). The molecule has 6 heteroatoms. The van der Waals surface area contributed by atoms with Crippen molar-refractivity contribution in [2.45, 2.75) is 31.1 Å². The third kappa shape index (κ3) is 2.80. The summed E-state index contributed by atoms with van der Waals surface area (Å²) in [6, 6.07) is 10.1. The fraction of sp³-hybridized carbons (Fsp3) is 0.364. The molecule has 1 aliphatic heterocycles. The molecule has 0 saturated carbocycles. The van der Waals surface area contributed by atoms with Gasteiger partial charge < -0.3 is 9.47 Å². The first kappa shape index (κ1) is 17.1. The van der Waals surface area contributed by atoms with Crippen molar-refractivity contribution < 1.29 is 4.79 Å². The molecule has 142 valence electrons. The van der Waals surface area contributed by atoms with Gasteiger partial charge in [0, 0.05) is 43.5 Å². The van der Waals surface area contributed by atoms with Crippen molar-refractivity contribution in [2.24, 2.45) is 7.05 Å². The van der Waals surface area contributed by atoms with Gasteiger partial charge in [0.25, 0.3) is 5.91 Å². The molecule has 0 bridgehead atoms. The zero-order chi connectivity index (χ0) is 19.1. The van der Waals surface area contributed by atoms with E-state index in [4.69, 9.17) is 4.98 Å². The van der Waals surface area contributed by atoms with Crippen LogP contribution in [0.25, 0.3) is 11.4 Å². The number of likely N-dealkylation sites (tertiary alicyclic amines) is 1. The summed E-state index contributed by atoms with van der Waals surface area (Å²) in [5, 5.41) is 0. The Hall–Kier alpha value is -3.02. The lowest BCUT2D eigenvalue weighted by Crippen LogP contribution is -2.48. The molecule has 2 aromatic heterocycles. The van der Waals surface area contributed by atoms with Gasteiger partial charge in [-0.25, -0.2) is 15.0 Å². The third-order valence-corrected chi connectivity index (χ3v) is 6.06. The number of carbonyl (C=O) groups excluding carboxylic acids is 1. The maximum atomic E-state index is 13.0. The molecule has 1 fully saturated rings. The fourth-order valence-corrected chi connectivity index (χ4v) is 4.66. The predicted molar refractivity (Wildman–Crippen MR) is 106 cm³/mol. The molecule has 1 aliphatic carbocycles. The van der Waals surface area contributed by atoms with Crippen molar-refractivity contribution in [2.75, 3.05) is 13.1 Å². The summed E-state index contributed by atoms with van der Waals surface area (Å²) in [4.78, 5) is 28.8. The number of fused-ring (bicyclic) bond motifs is 2. The number of aromatic nitrogens is 4. The van der Waals surface area contributed by atoms with Crippen molar-refractivity contribution in [3.05, 3.63) is 66.0 Å². The van der Waals surface area contributed by atoms with Crippen molar-refractivity contribution in [1.29, 1.82) is 0 Å². The van der Waals surface area contributed by atoms with Crippen molar-refractivity contribution in [3.63, 3.8) is 0 Å². The number of benzene rings is 1. The quantitative estimate of drug-likeness (QED) is 0.693. The highest BCUT2D eigenvalue weighted by atomic mass is 16.2. The van der Waals surface area contributed by atoms with Gasteiger partial charge in [-0.15, -0.1) is 0 Å². The highest BCUT2D eigenvalue weighted by molar-refractivity contribution is 5.92. The molecular weight excluding hydrogens is 350 g/mol. The summed E-state index contributed by atoms with van der Waals surface area (Å²) in [6.45, 7) is 1.49. The van der Waals surface area contributed by atoms with E-state index in [0.29, 0.717) is 12.2 Å². The van der Waals surface area contributed by atoms with E-state index in [-0.39, 0.29) is 11.3 Å². The van der Waals surface area contributed by atoms with Crippen LogP contribution < -0.4 is 0 Å². The molecule has 3 heterocycles. The van der Waals surface area contributed by atoms with Gasteiger partial charge in [0.05, 0.1) is 12.0 Å². The topological polar surface area (TPSA) is 63.9 Å². The molecule has 28 heavy (non-hydrogen) atoms. The van der Waals surface area contributed by atoms with E-state index in [1.165, 1.54) is 5.56 Å². The Morgan fingerprint density at radius 1 is 1.14 bits per heavy atom. The van der Waals surface area contributed by atoms with Crippen LogP contribution in [0.5, 0.6) is 0 Å². The smallest absolute Gasteiger partial charge is 0.274 e. The van der Waals surface area contributed by atoms with E-state index in [1.807, 2.05) is 53.0 Å². The number of hydrogen-bond donors (Lipinski definition) is 0. The van der Waals surface area contributed by atoms with Crippen LogP contribution >= 0.6 is 0 Å². The normalized spacial score (nSPS) is 21.1. The van der Waals surface area contributed by atoms with Gasteiger partial charge in [-0.3, -0.25) is 4.79 Å². The van der Waals surface area contributed by atoms with Crippen LogP contribution in [0, 0.1) is 0 Å². The second-order valence-electron chi connectivity index (χ2n) is 7.97.